The summed E-state index contributed by atoms with van der Waals surface area (Å²) in [6, 6.07) is 13.3. The zero-order valence-electron chi connectivity index (χ0n) is 15.8. The molecule has 1 aliphatic rings. The average Bonchev–Trinajstić information content (AvgIpc) is 2.62. The number of rotatable bonds is 8. The van der Waals surface area contributed by atoms with E-state index in [0.29, 0.717) is 23.2 Å². The molecule has 5 nitrogen and oxygen atoms in total. The summed E-state index contributed by atoms with van der Waals surface area (Å²) in [4.78, 5) is 16.0. The van der Waals surface area contributed by atoms with Gasteiger partial charge in [-0.15, -0.1) is 0 Å². The summed E-state index contributed by atoms with van der Waals surface area (Å²) < 4.78 is 5.80. The van der Waals surface area contributed by atoms with E-state index in [1.165, 1.54) is 5.56 Å². The predicted octanol–water partition coefficient (Wildman–Crippen LogP) is 3.45. The van der Waals surface area contributed by atoms with Crippen molar-refractivity contribution < 1.29 is 14.6 Å². The largest absolute Gasteiger partial charge is 0.489 e. The fourth-order valence-corrected chi connectivity index (χ4v) is 3.81. The molecule has 0 aromatic heterocycles. The van der Waals surface area contributed by atoms with E-state index >= 15 is 0 Å². The van der Waals surface area contributed by atoms with E-state index in [2.05, 4.69) is 4.90 Å². The highest BCUT2D eigenvalue weighted by Crippen LogP contribution is 2.23. The molecule has 0 aliphatic carbocycles. The van der Waals surface area contributed by atoms with Gasteiger partial charge in [0.25, 0.3) is 0 Å². The number of benzene rings is 2. The van der Waals surface area contributed by atoms with Gasteiger partial charge < -0.3 is 14.7 Å². The molecule has 7 heteroatoms. The van der Waals surface area contributed by atoms with Gasteiger partial charge in [0.1, 0.15) is 12.4 Å². The summed E-state index contributed by atoms with van der Waals surface area (Å²) >= 11 is 12.0. The molecular weight excluding hydrogens is 399 g/mol. The molecule has 1 aliphatic heterocycles. The first-order chi connectivity index (χ1) is 13.4. The number of carbonyl (C=O) groups is 1. The molecule has 1 saturated heterocycles. The zero-order chi connectivity index (χ0) is 20.1. The number of amides is 1. The lowest BCUT2D eigenvalue weighted by Gasteiger charge is -2.39. The molecular formula is C21H24Cl2N2O3. The van der Waals surface area contributed by atoms with Gasteiger partial charge in [0.2, 0.25) is 5.91 Å². The van der Waals surface area contributed by atoms with Gasteiger partial charge in [-0.3, -0.25) is 9.69 Å². The van der Waals surface area contributed by atoms with Gasteiger partial charge >= 0.3 is 0 Å². The zero-order valence-corrected chi connectivity index (χ0v) is 17.3. The quantitative estimate of drug-likeness (QED) is 0.707. The van der Waals surface area contributed by atoms with Crippen molar-refractivity contribution in [1.82, 2.24) is 9.80 Å². The van der Waals surface area contributed by atoms with Gasteiger partial charge in [-0.2, -0.15) is 0 Å². The first kappa shape index (κ1) is 20.9. The Bertz CT molecular complexity index is 788. The minimum absolute atomic E-state index is 0.00254. The minimum Gasteiger partial charge on any atom is -0.489 e. The van der Waals surface area contributed by atoms with E-state index < -0.39 is 0 Å². The van der Waals surface area contributed by atoms with Crippen LogP contribution in [0.5, 0.6) is 5.75 Å². The van der Waals surface area contributed by atoms with Crippen LogP contribution in [-0.4, -0.2) is 54.1 Å². The van der Waals surface area contributed by atoms with Crippen LogP contribution in [0.1, 0.15) is 11.1 Å². The van der Waals surface area contributed by atoms with Crippen LogP contribution in [0.25, 0.3) is 0 Å². The lowest BCUT2D eigenvalue weighted by Crippen LogP contribution is -2.53. The fourth-order valence-electron chi connectivity index (χ4n) is 3.24. The molecule has 28 heavy (non-hydrogen) atoms. The lowest BCUT2D eigenvalue weighted by atomic mass is 9.97. The number of hydrogen-bond acceptors (Lipinski definition) is 4. The highest BCUT2D eigenvalue weighted by atomic mass is 35.5. The third-order valence-corrected chi connectivity index (χ3v) is 5.21. The number of carbonyl (C=O) groups excluding carboxylic acids is 1. The summed E-state index contributed by atoms with van der Waals surface area (Å²) in [7, 11) is 1.73. The number of likely N-dealkylation sites (tertiary alicyclic amines) is 1. The standard InChI is InChI=1S/C21H24Cl2N2O3/c1-24(6-7-26)21(27)17-12-25(13-17)11-15-2-4-20(5-3-15)28-14-16-8-18(22)10-19(23)9-16/h2-5,8-10,17,26H,6-7,11-14H2,1H3. The average molecular weight is 423 g/mol. The maximum Gasteiger partial charge on any atom is 0.228 e. The van der Waals surface area contributed by atoms with Crippen LogP contribution in [0.2, 0.25) is 10.0 Å². The normalized spacial score (nSPS) is 14.6. The summed E-state index contributed by atoms with van der Waals surface area (Å²) in [6.07, 6.45) is 0. The number of nitrogens with zero attached hydrogens (tertiary/aromatic N) is 2. The molecule has 0 atom stereocenters. The van der Waals surface area contributed by atoms with Gasteiger partial charge in [-0.25, -0.2) is 0 Å². The van der Waals surface area contributed by atoms with Crippen molar-refractivity contribution >= 4 is 29.1 Å². The molecule has 2 aromatic rings. The molecule has 0 spiro atoms. The van der Waals surface area contributed by atoms with Crippen molar-refractivity contribution in [3.05, 3.63) is 63.6 Å². The van der Waals surface area contributed by atoms with Gasteiger partial charge in [0, 0.05) is 43.3 Å². The van der Waals surface area contributed by atoms with Gasteiger partial charge in [0.05, 0.1) is 12.5 Å². The topological polar surface area (TPSA) is 53.0 Å². The maximum absolute atomic E-state index is 12.1. The third kappa shape index (κ3) is 5.61. The summed E-state index contributed by atoms with van der Waals surface area (Å²) in [5.41, 5.74) is 2.09. The Morgan fingerprint density at radius 1 is 1.14 bits per heavy atom. The second-order valence-electron chi connectivity index (χ2n) is 7.08. The Morgan fingerprint density at radius 3 is 2.39 bits per heavy atom. The highest BCUT2D eigenvalue weighted by Gasteiger charge is 2.33. The van der Waals surface area contributed by atoms with Crippen LogP contribution in [0.3, 0.4) is 0 Å². The number of ether oxygens (including phenoxy) is 1. The van der Waals surface area contributed by atoms with E-state index in [1.807, 2.05) is 36.4 Å². The number of aliphatic hydroxyl groups excluding tert-OH is 1. The Morgan fingerprint density at radius 2 is 1.79 bits per heavy atom. The first-order valence-corrected chi connectivity index (χ1v) is 9.95. The lowest BCUT2D eigenvalue weighted by molar-refractivity contribution is -0.140. The molecule has 0 saturated carbocycles. The van der Waals surface area contributed by atoms with Crippen molar-refractivity contribution in [2.75, 3.05) is 33.3 Å². The minimum atomic E-state index is -0.00254. The van der Waals surface area contributed by atoms with Crippen LogP contribution < -0.4 is 4.74 Å². The number of aliphatic hydroxyl groups is 1. The van der Waals surface area contributed by atoms with Crippen molar-refractivity contribution in [3.63, 3.8) is 0 Å². The van der Waals surface area contributed by atoms with E-state index in [0.717, 1.165) is 30.9 Å². The second kappa shape index (κ2) is 9.61. The molecule has 1 heterocycles. The molecule has 3 rings (SSSR count). The van der Waals surface area contributed by atoms with E-state index in [4.69, 9.17) is 33.0 Å². The van der Waals surface area contributed by atoms with Crippen LogP contribution >= 0.6 is 23.2 Å². The summed E-state index contributed by atoms with van der Waals surface area (Å²) in [5, 5.41) is 10.1. The molecule has 1 amide bonds. The number of halogens is 2. The van der Waals surface area contributed by atoms with E-state index in [9.17, 15) is 4.79 Å². The Labute approximate surface area is 175 Å². The molecule has 0 radical (unpaired) electrons. The molecule has 2 aromatic carbocycles. The SMILES string of the molecule is CN(CCO)C(=O)C1CN(Cc2ccc(OCc3cc(Cl)cc(Cl)c3)cc2)C1. The third-order valence-electron chi connectivity index (χ3n) is 4.78. The monoisotopic (exact) mass is 422 g/mol. The van der Waals surface area contributed by atoms with Crippen LogP contribution in [-0.2, 0) is 17.9 Å². The first-order valence-electron chi connectivity index (χ1n) is 9.19. The van der Waals surface area contributed by atoms with Crippen LogP contribution in [0.15, 0.2) is 42.5 Å². The number of hydrogen-bond donors (Lipinski definition) is 1. The Balaban J connectivity index is 1.44. The molecule has 150 valence electrons. The molecule has 0 unspecified atom stereocenters. The molecule has 0 bridgehead atoms. The van der Waals surface area contributed by atoms with E-state index in [-0.39, 0.29) is 18.4 Å². The Kier molecular flexibility index (Phi) is 7.18. The van der Waals surface area contributed by atoms with Gasteiger partial charge in [-0.1, -0.05) is 35.3 Å². The van der Waals surface area contributed by atoms with E-state index in [1.54, 1.807) is 18.0 Å². The van der Waals surface area contributed by atoms with Crippen molar-refractivity contribution in [1.29, 1.82) is 0 Å². The predicted molar refractivity (Wildman–Crippen MR) is 111 cm³/mol. The second-order valence-corrected chi connectivity index (χ2v) is 7.96. The molecule has 1 N–H and O–H groups in total. The van der Waals surface area contributed by atoms with Crippen LogP contribution in [0.4, 0.5) is 0 Å². The van der Waals surface area contributed by atoms with Crippen molar-refractivity contribution in [2.45, 2.75) is 13.2 Å². The Hall–Kier alpha value is -1.79. The van der Waals surface area contributed by atoms with Gasteiger partial charge in [-0.05, 0) is 41.5 Å². The molecule has 1 fully saturated rings. The van der Waals surface area contributed by atoms with Gasteiger partial charge in [0.15, 0.2) is 0 Å². The summed E-state index contributed by atoms with van der Waals surface area (Å²) in [6.45, 7) is 3.09. The van der Waals surface area contributed by atoms with Crippen molar-refractivity contribution in [3.8, 4) is 5.75 Å². The number of likely N-dealkylation sites (N-methyl/N-ethyl adjacent to an activating group) is 1. The van der Waals surface area contributed by atoms with Crippen molar-refractivity contribution in [2.24, 2.45) is 5.92 Å². The maximum atomic E-state index is 12.1. The fraction of sp³-hybridized carbons (Fsp3) is 0.381. The summed E-state index contributed by atoms with van der Waals surface area (Å²) in [5.74, 6) is 0.918. The van der Waals surface area contributed by atoms with Crippen LogP contribution in [0, 0.1) is 5.92 Å². The highest BCUT2D eigenvalue weighted by molar-refractivity contribution is 6.34. The smallest absolute Gasteiger partial charge is 0.228 e.